The van der Waals surface area contributed by atoms with Crippen LogP contribution in [0.3, 0.4) is 0 Å². The molecule has 0 bridgehead atoms. The van der Waals surface area contributed by atoms with Crippen molar-refractivity contribution in [2.75, 3.05) is 20.3 Å². The molecule has 1 aromatic rings. The molecular weight excluding hydrogens is 274 g/mol. The van der Waals surface area contributed by atoms with E-state index in [1.807, 2.05) is 12.1 Å². The maximum absolute atomic E-state index is 11.6. The largest absolute Gasteiger partial charge is 0.484 e. The van der Waals surface area contributed by atoms with E-state index in [0.29, 0.717) is 11.7 Å². The average Bonchev–Trinajstić information content (AvgIpc) is 2.50. The molecule has 1 rings (SSSR count). The van der Waals surface area contributed by atoms with Gasteiger partial charge in [0.2, 0.25) is 0 Å². The lowest BCUT2D eigenvalue weighted by Crippen LogP contribution is -2.45. The van der Waals surface area contributed by atoms with Gasteiger partial charge in [-0.25, -0.2) is 4.79 Å². The first kappa shape index (κ1) is 17.0. The lowest BCUT2D eigenvalue weighted by molar-refractivity contribution is -0.146. The summed E-state index contributed by atoms with van der Waals surface area (Å²) < 4.78 is 9.76. The number of hydrogen-bond donors (Lipinski definition) is 2. The van der Waals surface area contributed by atoms with Crippen LogP contribution in [0.2, 0.25) is 0 Å². The van der Waals surface area contributed by atoms with Gasteiger partial charge in [-0.3, -0.25) is 4.79 Å². The highest BCUT2D eigenvalue weighted by Crippen LogP contribution is 2.18. The molecule has 0 radical (unpaired) electrons. The molecule has 0 aromatic heterocycles. The van der Waals surface area contributed by atoms with Crippen LogP contribution in [0.5, 0.6) is 5.75 Å². The molecule has 116 valence electrons. The highest BCUT2D eigenvalue weighted by molar-refractivity contribution is 5.85. The van der Waals surface area contributed by atoms with E-state index in [2.05, 4.69) is 23.9 Å². The Morgan fingerprint density at radius 1 is 1.24 bits per heavy atom. The van der Waals surface area contributed by atoms with Gasteiger partial charge in [0, 0.05) is 0 Å². The van der Waals surface area contributed by atoms with Crippen LogP contribution in [0.25, 0.3) is 0 Å². The van der Waals surface area contributed by atoms with Gasteiger partial charge in [0.25, 0.3) is 5.91 Å². The number of amides is 1. The Morgan fingerprint density at radius 2 is 1.86 bits per heavy atom. The van der Waals surface area contributed by atoms with Crippen molar-refractivity contribution in [2.45, 2.75) is 25.8 Å². The highest BCUT2D eigenvalue weighted by Gasteiger charge is 2.20. The standard InChI is InChI=1S/C15H21NO5/c1-10(2)11-4-6-12(7-5-11)21-9-14(18)16-13(8-17)15(19)20-3/h4-7,10,13,17H,8-9H2,1-3H3,(H,16,18). The van der Waals surface area contributed by atoms with Crippen molar-refractivity contribution >= 4 is 11.9 Å². The van der Waals surface area contributed by atoms with Gasteiger partial charge >= 0.3 is 5.97 Å². The summed E-state index contributed by atoms with van der Waals surface area (Å²) in [7, 11) is 1.18. The van der Waals surface area contributed by atoms with Gasteiger partial charge in [0.15, 0.2) is 12.6 Å². The third-order valence-corrected chi connectivity index (χ3v) is 2.92. The van der Waals surface area contributed by atoms with E-state index >= 15 is 0 Å². The van der Waals surface area contributed by atoms with Gasteiger partial charge in [-0.05, 0) is 23.6 Å². The summed E-state index contributed by atoms with van der Waals surface area (Å²) in [6, 6.07) is 6.36. The number of aliphatic hydroxyl groups is 1. The van der Waals surface area contributed by atoms with Crippen molar-refractivity contribution < 1.29 is 24.2 Å². The molecule has 0 saturated heterocycles. The molecule has 0 aliphatic heterocycles. The zero-order valence-electron chi connectivity index (χ0n) is 12.5. The van der Waals surface area contributed by atoms with Gasteiger partial charge in [0.1, 0.15) is 5.75 Å². The van der Waals surface area contributed by atoms with E-state index in [-0.39, 0.29) is 6.61 Å². The summed E-state index contributed by atoms with van der Waals surface area (Å²) in [5, 5.41) is 11.3. The predicted octanol–water partition coefficient (Wildman–Crippen LogP) is 0.839. The smallest absolute Gasteiger partial charge is 0.330 e. The Morgan fingerprint density at radius 3 is 2.33 bits per heavy atom. The van der Waals surface area contributed by atoms with Crippen LogP contribution in [0.4, 0.5) is 0 Å². The fourth-order valence-corrected chi connectivity index (χ4v) is 1.66. The minimum absolute atomic E-state index is 0.242. The molecule has 1 unspecified atom stereocenters. The Hall–Kier alpha value is -2.08. The van der Waals surface area contributed by atoms with Crippen LogP contribution in [0, 0.1) is 0 Å². The molecule has 0 aliphatic rings. The van der Waals surface area contributed by atoms with Gasteiger partial charge in [-0.1, -0.05) is 26.0 Å². The maximum Gasteiger partial charge on any atom is 0.330 e. The summed E-state index contributed by atoms with van der Waals surface area (Å²) >= 11 is 0. The van der Waals surface area contributed by atoms with Crippen LogP contribution in [0.1, 0.15) is 25.3 Å². The van der Waals surface area contributed by atoms with Crippen LogP contribution in [-0.2, 0) is 14.3 Å². The van der Waals surface area contributed by atoms with E-state index in [1.54, 1.807) is 12.1 Å². The number of ether oxygens (including phenoxy) is 2. The Labute approximate surface area is 124 Å². The Kier molecular flexibility index (Phi) is 6.68. The molecule has 0 saturated carbocycles. The van der Waals surface area contributed by atoms with Crippen LogP contribution in [0.15, 0.2) is 24.3 Å². The second-order valence-corrected chi connectivity index (χ2v) is 4.84. The number of aliphatic hydroxyl groups excluding tert-OH is 1. The Bertz CT molecular complexity index is 469. The minimum atomic E-state index is -1.07. The molecule has 1 aromatic carbocycles. The Balaban J connectivity index is 2.47. The first-order valence-corrected chi connectivity index (χ1v) is 6.68. The van der Waals surface area contributed by atoms with Gasteiger partial charge in [0.05, 0.1) is 13.7 Å². The van der Waals surface area contributed by atoms with E-state index < -0.39 is 24.5 Å². The zero-order chi connectivity index (χ0) is 15.8. The van der Waals surface area contributed by atoms with E-state index in [0.717, 1.165) is 0 Å². The second-order valence-electron chi connectivity index (χ2n) is 4.84. The first-order valence-electron chi connectivity index (χ1n) is 6.68. The summed E-state index contributed by atoms with van der Waals surface area (Å²) in [5.74, 6) is -0.222. The molecular formula is C15H21NO5. The number of carbonyl (C=O) groups is 2. The SMILES string of the molecule is COC(=O)C(CO)NC(=O)COc1ccc(C(C)C)cc1. The highest BCUT2D eigenvalue weighted by atomic mass is 16.5. The van der Waals surface area contributed by atoms with Gasteiger partial charge in [-0.2, -0.15) is 0 Å². The van der Waals surface area contributed by atoms with Crippen molar-refractivity contribution in [1.29, 1.82) is 0 Å². The number of rotatable bonds is 7. The third kappa shape index (κ3) is 5.43. The fourth-order valence-electron chi connectivity index (χ4n) is 1.66. The second kappa shape index (κ2) is 8.26. The molecule has 6 nitrogen and oxygen atoms in total. The molecule has 21 heavy (non-hydrogen) atoms. The van der Waals surface area contributed by atoms with Crippen LogP contribution >= 0.6 is 0 Å². The van der Waals surface area contributed by atoms with Crippen molar-refractivity contribution in [3.8, 4) is 5.75 Å². The predicted molar refractivity (Wildman–Crippen MR) is 77.1 cm³/mol. The topological polar surface area (TPSA) is 84.9 Å². The summed E-state index contributed by atoms with van der Waals surface area (Å²) in [6.45, 7) is 3.41. The molecule has 0 heterocycles. The maximum atomic E-state index is 11.6. The van der Waals surface area contributed by atoms with E-state index in [9.17, 15) is 9.59 Å². The van der Waals surface area contributed by atoms with Gasteiger partial charge in [-0.15, -0.1) is 0 Å². The molecule has 0 aliphatic carbocycles. The number of nitrogens with one attached hydrogen (secondary N) is 1. The van der Waals surface area contributed by atoms with Crippen molar-refractivity contribution in [1.82, 2.24) is 5.32 Å². The van der Waals surface area contributed by atoms with E-state index in [1.165, 1.54) is 12.7 Å². The third-order valence-electron chi connectivity index (χ3n) is 2.92. The normalized spacial score (nSPS) is 11.9. The van der Waals surface area contributed by atoms with Crippen molar-refractivity contribution in [3.63, 3.8) is 0 Å². The lowest BCUT2D eigenvalue weighted by atomic mass is 10.0. The van der Waals surface area contributed by atoms with Crippen LogP contribution < -0.4 is 10.1 Å². The van der Waals surface area contributed by atoms with Crippen molar-refractivity contribution in [2.24, 2.45) is 0 Å². The van der Waals surface area contributed by atoms with E-state index in [4.69, 9.17) is 9.84 Å². The number of esters is 1. The molecule has 0 fully saturated rings. The monoisotopic (exact) mass is 295 g/mol. The zero-order valence-corrected chi connectivity index (χ0v) is 12.5. The van der Waals surface area contributed by atoms with Crippen molar-refractivity contribution in [3.05, 3.63) is 29.8 Å². The summed E-state index contributed by atoms with van der Waals surface area (Å²) in [5.41, 5.74) is 1.18. The minimum Gasteiger partial charge on any atom is -0.484 e. The molecule has 2 N–H and O–H groups in total. The van der Waals surface area contributed by atoms with Crippen LogP contribution in [-0.4, -0.2) is 43.3 Å². The number of carbonyl (C=O) groups excluding carboxylic acids is 2. The fraction of sp³-hybridized carbons (Fsp3) is 0.467. The molecule has 6 heteroatoms. The molecule has 0 spiro atoms. The van der Waals surface area contributed by atoms with Gasteiger partial charge < -0.3 is 19.9 Å². The number of hydrogen-bond acceptors (Lipinski definition) is 5. The molecule has 1 atom stereocenters. The lowest BCUT2D eigenvalue weighted by Gasteiger charge is -2.14. The molecule has 1 amide bonds. The first-order chi connectivity index (χ1) is 9.97. The average molecular weight is 295 g/mol. The summed E-state index contributed by atoms with van der Waals surface area (Å²) in [6.07, 6.45) is 0. The number of methoxy groups -OCH3 is 1. The number of benzene rings is 1. The quantitative estimate of drug-likeness (QED) is 0.728. The summed E-state index contributed by atoms with van der Waals surface area (Å²) in [4.78, 5) is 22.8.